The Morgan fingerprint density at radius 2 is 1.96 bits per heavy atom. The van der Waals surface area contributed by atoms with Crippen LogP contribution >= 0.6 is 11.3 Å². The maximum atomic E-state index is 12.8. The number of aromatic nitrogens is 1. The van der Waals surface area contributed by atoms with E-state index in [4.69, 9.17) is 9.47 Å². The summed E-state index contributed by atoms with van der Waals surface area (Å²) in [5.74, 6) is -0.172. The molecular weight excluding hydrogens is 328 g/mol. The van der Waals surface area contributed by atoms with Crippen molar-refractivity contribution in [2.45, 2.75) is 32.0 Å². The van der Waals surface area contributed by atoms with Gasteiger partial charge in [-0.1, -0.05) is 11.3 Å². The van der Waals surface area contributed by atoms with Crippen molar-refractivity contribution >= 4 is 38.5 Å². The predicted molar refractivity (Wildman–Crippen MR) is 88.2 cm³/mol. The van der Waals surface area contributed by atoms with Crippen LogP contribution in [0.25, 0.3) is 10.2 Å². The highest BCUT2D eigenvalue weighted by Crippen LogP contribution is 2.50. The Morgan fingerprint density at radius 1 is 1.25 bits per heavy atom. The second-order valence-corrected chi connectivity index (χ2v) is 7.42. The van der Waals surface area contributed by atoms with E-state index in [0.717, 1.165) is 28.8 Å². The van der Waals surface area contributed by atoms with E-state index in [-0.39, 0.29) is 35.9 Å². The third-order valence-corrected chi connectivity index (χ3v) is 6.14. The number of carbonyl (C=O) groups is 2. The number of benzene rings is 1. The molecule has 3 fully saturated rings. The molecule has 6 nitrogen and oxygen atoms in total. The van der Waals surface area contributed by atoms with E-state index >= 15 is 0 Å². The average Bonchev–Trinajstić information content (AvgIpc) is 3.30. The molecule has 3 aliphatic rings. The van der Waals surface area contributed by atoms with Crippen molar-refractivity contribution in [2.24, 2.45) is 11.8 Å². The van der Waals surface area contributed by atoms with Crippen LogP contribution in [0.4, 0.5) is 5.13 Å². The molecule has 2 bridgehead atoms. The molecule has 0 spiro atoms. The zero-order valence-corrected chi connectivity index (χ0v) is 13.9. The number of amides is 2. The molecule has 1 aromatic carbocycles. The molecule has 1 aromatic heterocycles. The highest BCUT2D eigenvalue weighted by Gasteiger charge is 2.63. The summed E-state index contributed by atoms with van der Waals surface area (Å²) in [6, 6.07) is 5.61. The van der Waals surface area contributed by atoms with Crippen LogP contribution in [0.3, 0.4) is 0 Å². The molecule has 4 heterocycles. The first kappa shape index (κ1) is 14.4. The van der Waals surface area contributed by atoms with Crippen LogP contribution in [0.1, 0.15) is 19.8 Å². The third-order valence-electron chi connectivity index (χ3n) is 5.14. The molecule has 0 saturated carbocycles. The first-order chi connectivity index (χ1) is 11.7. The van der Waals surface area contributed by atoms with E-state index in [0.29, 0.717) is 11.7 Å². The molecule has 2 aromatic rings. The molecule has 3 aliphatic heterocycles. The third kappa shape index (κ3) is 1.82. The van der Waals surface area contributed by atoms with Crippen molar-refractivity contribution in [2.75, 3.05) is 11.5 Å². The molecule has 4 unspecified atom stereocenters. The molecule has 0 N–H and O–H groups in total. The zero-order chi connectivity index (χ0) is 16.4. The van der Waals surface area contributed by atoms with Gasteiger partial charge in [0.05, 0.1) is 40.9 Å². The summed E-state index contributed by atoms with van der Waals surface area (Å²) in [6.45, 7) is 2.52. The number of fused-ring (bicyclic) bond motifs is 6. The van der Waals surface area contributed by atoms with E-state index in [1.165, 1.54) is 16.2 Å². The van der Waals surface area contributed by atoms with Crippen LogP contribution in [-0.2, 0) is 14.3 Å². The SMILES string of the molecule is CCOc1ccc2nc(N3C(=O)C4C5CCC(O5)C4C3=O)sc2c1. The van der Waals surface area contributed by atoms with Gasteiger partial charge < -0.3 is 9.47 Å². The second kappa shape index (κ2) is 5.00. The molecule has 5 rings (SSSR count). The topological polar surface area (TPSA) is 68.7 Å². The first-order valence-corrected chi connectivity index (χ1v) is 9.05. The fourth-order valence-corrected chi connectivity index (χ4v) is 5.15. The number of rotatable bonds is 3. The molecule has 3 saturated heterocycles. The van der Waals surface area contributed by atoms with Gasteiger partial charge in [-0.2, -0.15) is 0 Å². The summed E-state index contributed by atoms with van der Waals surface area (Å²) in [5.41, 5.74) is 0.773. The highest BCUT2D eigenvalue weighted by molar-refractivity contribution is 7.22. The molecule has 0 radical (unpaired) electrons. The summed E-state index contributed by atoms with van der Waals surface area (Å²) in [4.78, 5) is 31.4. The van der Waals surface area contributed by atoms with Gasteiger partial charge in [-0.3, -0.25) is 9.59 Å². The normalized spacial score (nSPS) is 31.3. The fourth-order valence-electron chi connectivity index (χ4n) is 4.15. The summed E-state index contributed by atoms with van der Waals surface area (Å²) in [6.07, 6.45) is 1.55. The lowest BCUT2D eigenvalue weighted by atomic mass is 9.81. The summed E-state index contributed by atoms with van der Waals surface area (Å²) < 4.78 is 12.2. The average molecular weight is 344 g/mol. The van der Waals surface area contributed by atoms with Crippen LogP contribution in [0, 0.1) is 11.8 Å². The fraction of sp³-hybridized carbons (Fsp3) is 0.471. The number of carbonyl (C=O) groups excluding carboxylic acids is 2. The Balaban J connectivity index is 1.53. The van der Waals surface area contributed by atoms with Gasteiger partial charge in [0, 0.05) is 0 Å². The van der Waals surface area contributed by atoms with Crippen molar-refractivity contribution in [1.82, 2.24) is 4.98 Å². The van der Waals surface area contributed by atoms with Crippen LogP contribution in [0.2, 0.25) is 0 Å². The Morgan fingerprint density at radius 3 is 2.62 bits per heavy atom. The monoisotopic (exact) mass is 344 g/mol. The van der Waals surface area contributed by atoms with Gasteiger partial charge in [-0.25, -0.2) is 9.88 Å². The van der Waals surface area contributed by atoms with Gasteiger partial charge in [0.15, 0.2) is 5.13 Å². The van der Waals surface area contributed by atoms with Gasteiger partial charge in [-0.05, 0) is 38.0 Å². The zero-order valence-electron chi connectivity index (χ0n) is 13.1. The van der Waals surface area contributed by atoms with E-state index in [9.17, 15) is 9.59 Å². The Labute approximate surface area is 142 Å². The number of hydrogen-bond acceptors (Lipinski definition) is 6. The summed E-state index contributed by atoms with van der Waals surface area (Å²) >= 11 is 1.36. The van der Waals surface area contributed by atoms with Crippen molar-refractivity contribution in [1.29, 1.82) is 0 Å². The number of ether oxygens (including phenoxy) is 2. The molecule has 2 amide bonds. The Bertz CT molecular complexity index is 835. The van der Waals surface area contributed by atoms with Crippen LogP contribution in [0.15, 0.2) is 18.2 Å². The van der Waals surface area contributed by atoms with Gasteiger partial charge in [-0.15, -0.1) is 0 Å². The quantitative estimate of drug-likeness (QED) is 0.800. The number of nitrogens with zero attached hydrogens (tertiary/aromatic N) is 2. The Kier molecular flexibility index (Phi) is 2.99. The molecule has 4 atom stereocenters. The smallest absolute Gasteiger partial charge is 0.242 e. The maximum absolute atomic E-state index is 12.8. The lowest BCUT2D eigenvalue weighted by molar-refractivity contribution is -0.124. The summed E-state index contributed by atoms with van der Waals surface area (Å²) in [7, 11) is 0. The van der Waals surface area contributed by atoms with Gasteiger partial charge in [0.25, 0.3) is 0 Å². The minimum absolute atomic E-state index is 0.0969. The number of hydrogen-bond donors (Lipinski definition) is 0. The van der Waals surface area contributed by atoms with Crippen molar-refractivity contribution in [3.05, 3.63) is 18.2 Å². The maximum Gasteiger partial charge on any atom is 0.242 e. The van der Waals surface area contributed by atoms with Gasteiger partial charge >= 0.3 is 0 Å². The van der Waals surface area contributed by atoms with Crippen LogP contribution in [0.5, 0.6) is 5.75 Å². The summed E-state index contributed by atoms with van der Waals surface area (Å²) in [5, 5.41) is 0.461. The van der Waals surface area contributed by atoms with E-state index < -0.39 is 0 Å². The van der Waals surface area contributed by atoms with Crippen molar-refractivity contribution < 1.29 is 19.1 Å². The largest absolute Gasteiger partial charge is 0.494 e. The lowest BCUT2D eigenvalue weighted by Crippen LogP contribution is -2.34. The Hall–Kier alpha value is -1.99. The minimum atomic E-state index is -0.317. The van der Waals surface area contributed by atoms with Gasteiger partial charge in [0.1, 0.15) is 5.75 Å². The number of thiazole rings is 1. The van der Waals surface area contributed by atoms with E-state index in [1.807, 2.05) is 25.1 Å². The molecule has 7 heteroatoms. The number of anilines is 1. The molecule has 24 heavy (non-hydrogen) atoms. The molecular formula is C17H16N2O4S. The predicted octanol–water partition coefficient (Wildman–Crippen LogP) is 2.36. The number of imide groups is 1. The minimum Gasteiger partial charge on any atom is -0.494 e. The van der Waals surface area contributed by atoms with Gasteiger partial charge in [0.2, 0.25) is 11.8 Å². The van der Waals surface area contributed by atoms with Crippen molar-refractivity contribution in [3.63, 3.8) is 0 Å². The van der Waals surface area contributed by atoms with Crippen molar-refractivity contribution in [3.8, 4) is 5.75 Å². The molecule has 0 aliphatic carbocycles. The van der Waals surface area contributed by atoms with Crippen LogP contribution in [-0.4, -0.2) is 35.6 Å². The second-order valence-electron chi connectivity index (χ2n) is 6.41. The standard InChI is InChI=1S/C17H16N2O4S/c1-2-22-8-3-4-9-12(7-8)24-17(18-9)19-15(20)13-10-5-6-11(23-10)14(13)16(19)21/h3-4,7,10-11,13-14H,2,5-6H2,1H3. The first-order valence-electron chi connectivity index (χ1n) is 8.24. The van der Waals surface area contributed by atoms with E-state index in [1.54, 1.807) is 0 Å². The molecule has 124 valence electrons. The lowest BCUT2D eigenvalue weighted by Gasteiger charge is -2.14. The highest BCUT2D eigenvalue weighted by atomic mass is 32.1. The van der Waals surface area contributed by atoms with Crippen LogP contribution < -0.4 is 9.64 Å². The van der Waals surface area contributed by atoms with E-state index in [2.05, 4.69) is 4.98 Å².